The Morgan fingerprint density at radius 2 is 1.79 bits per heavy atom. The molecule has 2 aliphatic rings. The van der Waals surface area contributed by atoms with Gasteiger partial charge in [-0.05, 0) is 31.9 Å². The van der Waals surface area contributed by atoms with E-state index in [1.807, 2.05) is 0 Å². The molecular formula is C19H20F2N2O5. The van der Waals surface area contributed by atoms with Crippen LogP contribution in [0.25, 0.3) is 0 Å². The molecule has 1 saturated heterocycles. The van der Waals surface area contributed by atoms with Crippen molar-refractivity contribution in [3.05, 3.63) is 29.8 Å². The van der Waals surface area contributed by atoms with Gasteiger partial charge in [0.1, 0.15) is 17.7 Å². The lowest BCUT2D eigenvalue weighted by atomic mass is 9.81. The van der Waals surface area contributed by atoms with Gasteiger partial charge in [-0.15, -0.1) is 0 Å². The molecule has 1 N–H and O–H groups in total. The maximum Gasteiger partial charge on any atom is 0.329 e. The number of fused-ring (bicyclic) bond motifs is 1. The highest BCUT2D eigenvalue weighted by Crippen LogP contribution is 2.38. The van der Waals surface area contributed by atoms with Gasteiger partial charge in [0.15, 0.2) is 6.61 Å². The summed E-state index contributed by atoms with van der Waals surface area (Å²) >= 11 is 0. The van der Waals surface area contributed by atoms with Crippen molar-refractivity contribution in [2.24, 2.45) is 11.8 Å². The molecule has 28 heavy (non-hydrogen) atoms. The van der Waals surface area contributed by atoms with E-state index >= 15 is 0 Å². The van der Waals surface area contributed by atoms with Gasteiger partial charge in [0.05, 0.1) is 17.5 Å². The monoisotopic (exact) mass is 394 g/mol. The van der Waals surface area contributed by atoms with Crippen LogP contribution in [0.3, 0.4) is 0 Å². The minimum atomic E-state index is -1.16. The SMILES string of the molecule is C[C@@H](C(=O)OCC(=O)Nc1cc(F)ccc1F)N1C(=O)[C@@H]2CCCC[C@H]2C1=O. The van der Waals surface area contributed by atoms with Crippen LogP contribution in [-0.4, -0.2) is 41.2 Å². The number of carbonyl (C=O) groups is 4. The molecule has 3 rings (SSSR count). The molecule has 7 nitrogen and oxygen atoms in total. The van der Waals surface area contributed by atoms with Crippen molar-refractivity contribution in [1.29, 1.82) is 0 Å². The van der Waals surface area contributed by atoms with Gasteiger partial charge >= 0.3 is 5.97 Å². The Hall–Kier alpha value is -2.84. The minimum Gasteiger partial charge on any atom is -0.454 e. The van der Waals surface area contributed by atoms with Gasteiger partial charge in [-0.2, -0.15) is 0 Å². The number of anilines is 1. The molecule has 1 saturated carbocycles. The summed E-state index contributed by atoms with van der Waals surface area (Å²) < 4.78 is 31.5. The van der Waals surface area contributed by atoms with E-state index in [1.54, 1.807) is 0 Å². The first-order chi connectivity index (χ1) is 13.3. The van der Waals surface area contributed by atoms with E-state index < -0.39 is 48.0 Å². The third-order valence-corrected chi connectivity index (χ3v) is 5.15. The highest BCUT2D eigenvalue weighted by molar-refractivity contribution is 6.08. The number of benzene rings is 1. The smallest absolute Gasteiger partial charge is 0.329 e. The maximum absolute atomic E-state index is 13.5. The largest absolute Gasteiger partial charge is 0.454 e. The summed E-state index contributed by atoms with van der Waals surface area (Å²) in [6, 6.07) is 1.38. The Bertz CT molecular complexity index is 805. The standard InChI is InChI=1S/C19H20F2N2O5/c1-10(23-17(25)12-4-2-3-5-13(12)18(23)26)19(27)28-9-16(24)22-15-8-11(20)6-7-14(15)21/h6-8,10,12-13H,2-5,9H2,1H3,(H,22,24)/t10-,12+,13+/m0/s1. The molecule has 1 aliphatic carbocycles. The van der Waals surface area contributed by atoms with Gasteiger partial charge in [-0.25, -0.2) is 13.6 Å². The fraction of sp³-hybridized carbons (Fsp3) is 0.474. The fourth-order valence-corrected chi connectivity index (χ4v) is 3.71. The predicted molar refractivity (Wildman–Crippen MR) is 92.7 cm³/mol. The maximum atomic E-state index is 13.5. The molecule has 3 amide bonds. The van der Waals surface area contributed by atoms with E-state index in [9.17, 15) is 28.0 Å². The topological polar surface area (TPSA) is 92.8 Å². The van der Waals surface area contributed by atoms with Crippen LogP contribution in [0, 0.1) is 23.5 Å². The van der Waals surface area contributed by atoms with Crippen LogP contribution in [0.15, 0.2) is 18.2 Å². The zero-order chi connectivity index (χ0) is 20.4. The first-order valence-electron chi connectivity index (χ1n) is 9.08. The summed E-state index contributed by atoms with van der Waals surface area (Å²) in [6.07, 6.45) is 2.97. The van der Waals surface area contributed by atoms with E-state index in [0.717, 1.165) is 35.9 Å². The van der Waals surface area contributed by atoms with Crippen molar-refractivity contribution in [1.82, 2.24) is 4.90 Å². The molecule has 0 bridgehead atoms. The van der Waals surface area contributed by atoms with E-state index in [1.165, 1.54) is 6.92 Å². The Morgan fingerprint density at radius 1 is 1.18 bits per heavy atom. The van der Waals surface area contributed by atoms with Gasteiger partial charge in [0, 0.05) is 6.07 Å². The van der Waals surface area contributed by atoms with Crippen LogP contribution < -0.4 is 5.32 Å². The van der Waals surface area contributed by atoms with Crippen LogP contribution >= 0.6 is 0 Å². The third kappa shape index (κ3) is 3.88. The summed E-state index contributed by atoms with van der Waals surface area (Å²) in [7, 11) is 0. The number of likely N-dealkylation sites (tertiary alicyclic amines) is 1. The molecule has 150 valence electrons. The Kier molecular flexibility index (Phi) is 5.71. The number of ether oxygens (including phenoxy) is 1. The first kappa shape index (κ1) is 19.9. The van der Waals surface area contributed by atoms with Crippen LogP contribution in [0.2, 0.25) is 0 Å². The summed E-state index contributed by atoms with van der Waals surface area (Å²) in [4.78, 5) is 50.0. The molecule has 1 heterocycles. The molecular weight excluding hydrogens is 374 g/mol. The number of carbonyl (C=O) groups excluding carboxylic acids is 4. The molecule has 0 unspecified atom stereocenters. The number of esters is 1. The normalized spacial score (nSPS) is 22.6. The van der Waals surface area contributed by atoms with Crippen LogP contribution in [0.4, 0.5) is 14.5 Å². The molecule has 1 aromatic carbocycles. The highest BCUT2D eigenvalue weighted by Gasteiger charge is 2.51. The number of nitrogens with one attached hydrogen (secondary N) is 1. The molecule has 0 spiro atoms. The summed E-state index contributed by atoms with van der Waals surface area (Å²) in [5.41, 5.74) is -0.386. The Morgan fingerprint density at radius 3 is 2.39 bits per heavy atom. The van der Waals surface area contributed by atoms with Crippen molar-refractivity contribution in [2.45, 2.75) is 38.6 Å². The van der Waals surface area contributed by atoms with Gasteiger partial charge in [0.2, 0.25) is 11.8 Å². The zero-order valence-electron chi connectivity index (χ0n) is 15.2. The molecule has 1 aromatic rings. The molecule has 3 atom stereocenters. The summed E-state index contributed by atoms with van der Waals surface area (Å²) in [6.45, 7) is 0.599. The van der Waals surface area contributed by atoms with Crippen LogP contribution in [0.1, 0.15) is 32.6 Å². The zero-order valence-corrected chi connectivity index (χ0v) is 15.2. The third-order valence-electron chi connectivity index (χ3n) is 5.15. The van der Waals surface area contributed by atoms with Crippen molar-refractivity contribution >= 4 is 29.4 Å². The van der Waals surface area contributed by atoms with E-state index in [2.05, 4.69) is 5.32 Å². The molecule has 1 aliphatic heterocycles. The lowest BCUT2D eigenvalue weighted by molar-refractivity contribution is -0.159. The number of hydrogen-bond acceptors (Lipinski definition) is 5. The van der Waals surface area contributed by atoms with Crippen molar-refractivity contribution in [3.8, 4) is 0 Å². The second-order valence-electron chi connectivity index (χ2n) is 7.00. The van der Waals surface area contributed by atoms with E-state index in [4.69, 9.17) is 4.74 Å². The Labute approximate surface area is 160 Å². The fourth-order valence-electron chi connectivity index (χ4n) is 3.71. The first-order valence-corrected chi connectivity index (χ1v) is 9.08. The van der Waals surface area contributed by atoms with E-state index in [-0.39, 0.29) is 17.5 Å². The van der Waals surface area contributed by atoms with Gasteiger partial charge < -0.3 is 10.1 Å². The molecule has 0 radical (unpaired) electrons. The number of halogens is 2. The van der Waals surface area contributed by atoms with E-state index in [0.29, 0.717) is 12.8 Å². The Balaban J connectivity index is 1.57. The van der Waals surface area contributed by atoms with Crippen molar-refractivity contribution in [2.75, 3.05) is 11.9 Å². The quantitative estimate of drug-likeness (QED) is 0.609. The summed E-state index contributed by atoms with van der Waals surface area (Å²) in [5.74, 6) is -4.93. The molecule has 9 heteroatoms. The number of imide groups is 1. The highest BCUT2D eigenvalue weighted by atomic mass is 19.1. The van der Waals surface area contributed by atoms with Crippen molar-refractivity contribution in [3.63, 3.8) is 0 Å². The van der Waals surface area contributed by atoms with Crippen molar-refractivity contribution < 1.29 is 32.7 Å². The van der Waals surface area contributed by atoms with Gasteiger partial charge in [0.25, 0.3) is 5.91 Å². The average molecular weight is 394 g/mol. The number of hydrogen-bond donors (Lipinski definition) is 1. The lowest BCUT2D eigenvalue weighted by Gasteiger charge is -2.21. The summed E-state index contributed by atoms with van der Waals surface area (Å²) in [5, 5.41) is 2.09. The van der Waals surface area contributed by atoms with Gasteiger partial charge in [-0.1, -0.05) is 12.8 Å². The molecule has 2 fully saturated rings. The number of nitrogens with zero attached hydrogens (tertiary/aromatic N) is 1. The second-order valence-corrected chi connectivity index (χ2v) is 7.00. The second kappa shape index (κ2) is 8.04. The predicted octanol–water partition coefficient (Wildman–Crippen LogP) is 2.01. The minimum absolute atomic E-state index is 0.384. The average Bonchev–Trinajstić information content (AvgIpc) is 2.93. The van der Waals surface area contributed by atoms with Crippen LogP contribution in [0.5, 0.6) is 0 Å². The van der Waals surface area contributed by atoms with Crippen LogP contribution in [-0.2, 0) is 23.9 Å². The van der Waals surface area contributed by atoms with Gasteiger partial charge in [-0.3, -0.25) is 19.3 Å². The molecule has 0 aromatic heterocycles. The lowest BCUT2D eigenvalue weighted by Crippen LogP contribution is -2.45. The number of rotatable bonds is 5. The number of amides is 3.